The number of nitrogens with zero attached hydrogens (tertiary/aromatic N) is 1. The van der Waals surface area contributed by atoms with Gasteiger partial charge >= 0.3 is 5.69 Å². The molecule has 13 heteroatoms. The van der Waals surface area contributed by atoms with Gasteiger partial charge in [0, 0.05) is 24.5 Å². The number of hydrogen-bond acceptors (Lipinski definition) is 8. The van der Waals surface area contributed by atoms with Gasteiger partial charge in [-0.25, -0.2) is 18.2 Å². The molecule has 1 atom stereocenters. The molecule has 0 spiro atoms. The molecule has 198 valence electrons. The molecule has 37 heavy (non-hydrogen) atoms. The number of aromatic nitrogens is 2. The zero-order valence-corrected chi connectivity index (χ0v) is 21.3. The van der Waals surface area contributed by atoms with Crippen molar-refractivity contribution in [3.63, 3.8) is 0 Å². The van der Waals surface area contributed by atoms with Crippen molar-refractivity contribution in [3.8, 4) is 0 Å². The Balaban J connectivity index is 1.32. The lowest BCUT2D eigenvalue weighted by atomic mass is 10.2. The Labute approximate surface area is 214 Å². The Morgan fingerprint density at radius 2 is 1.59 bits per heavy atom. The number of ketones is 1. The predicted molar refractivity (Wildman–Crippen MR) is 140 cm³/mol. The molecule has 1 amide bonds. The van der Waals surface area contributed by atoms with Crippen molar-refractivity contribution in [2.24, 2.45) is 0 Å². The number of nitrogens with one attached hydrogen (secondary N) is 6. The van der Waals surface area contributed by atoms with Crippen LogP contribution in [0.1, 0.15) is 32.6 Å². The number of sulfonamides is 1. The third kappa shape index (κ3) is 7.04. The van der Waals surface area contributed by atoms with Crippen LogP contribution in [0.15, 0.2) is 52.2 Å². The van der Waals surface area contributed by atoms with Crippen LogP contribution in [0, 0.1) is 0 Å². The molecule has 1 saturated heterocycles. The van der Waals surface area contributed by atoms with Gasteiger partial charge in [-0.2, -0.15) is 0 Å². The SMILES string of the molecule is CC(=O)C(NCNc1ccc2[nH]c(=O)[nH]c2c1)C(=O)Nc1ccc(S(=O)(=O)NN2CCCCCC2)cc1. The van der Waals surface area contributed by atoms with Gasteiger partial charge in [-0.1, -0.05) is 12.8 Å². The summed E-state index contributed by atoms with van der Waals surface area (Å²) < 4.78 is 25.5. The molecule has 1 unspecified atom stereocenters. The molecule has 0 saturated carbocycles. The second-order valence-electron chi connectivity index (χ2n) is 8.95. The zero-order chi connectivity index (χ0) is 26.4. The van der Waals surface area contributed by atoms with Crippen molar-refractivity contribution in [1.29, 1.82) is 0 Å². The van der Waals surface area contributed by atoms with E-state index in [2.05, 4.69) is 30.7 Å². The number of amides is 1. The van der Waals surface area contributed by atoms with Crippen LogP contribution >= 0.6 is 0 Å². The zero-order valence-electron chi connectivity index (χ0n) is 20.5. The van der Waals surface area contributed by atoms with E-state index in [0.29, 0.717) is 35.5 Å². The highest BCUT2D eigenvalue weighted by molar-refractivity contribution is 7.89. The molecule has 4 rings (SSSR count). The third-order valence-electron chi connectivity index (χ3n) is 6.07. The van der Waals surface area contributed by atoms with Crippen molar-refractivity contribution in [2.75, 3.05) is 30.4 Å². The Morgan fingerprint density at radius 3 is 2.27 bits per heavy atom. The summed E-state index contributed by atoms with van der Waals surface area (Å²) in [6.45, 7) is 2.75. The Bertz CT molecular complexity index is 1410. The highest BCUT2D eigenvalue weighted by atomic mass is 32.2. The van der Waals surface area contributed by atoms with Gasteiger partial charge < -0.3 is 20.6 Å². The number of hydrogen-bond donors (Lipinski definition) is 6. The van der Waals surface area contributed by atoms with Crippen LogP contribution < -0.4 is 26.5 Å². The van der Waals surface area contributed by atoms with Crippen molar-refractivity contribution in [1.82, 2.24) is 25.1 Å². The van der Waals surface area contributed by atoms with E-state index in [-0.39, 0.29) is 23.0 Å². The molecule has 0 aliphatic carbocycles. The van der Waals surface area contributed by atoms with E-state index >= 15 is 0 Å². The minimum atomic E-state index is -3.74. The summed E-state index contributed by atoms with van der Waals surface area (Å²) in [7, 11) is -3.74. The lowest BCUT2D eigenvalue weighted by molar-refractivity contribution is -0.127. The molecule has 1 fully saturated rings. The van der Waals surface area contributed by atoms with E-state index in [1.54, 1.807) is 23.2 Å². The summed E-state index contributed by atoms with van der Waals surface area (Å²) in [5.74, 6) is -0.955. The highest BCUT2D eigenvalue weighted by Gasteiger charge is 2.23. The molecule has 1 aromatic heterocycles. The number of Topliss-reactive ketones (excluding diaryl/α,β-unsaturated/α-hetero) is 1. The number of hydrazine groups is 1. The average molecular weight is 530 g/mol. The van der Waals surface area contributed by atoms with Gasteiger partial charge in [0.05, 0.1) is 22.6 Å². The quantitative estimate of drug-likeness (QED) is 0.170. The molecule has 2 heterocycles. The van der Waals surface area contributed by atoms with Crippen LogP contribution in [-0.2, 0) is 19.6 Å². The van der Waals surface area contributed by atoms with Crippen molar-refractivity contribution >= 4 is 44.1 Å². The monoisotopic (exact) mass is 529 g/mol. The first-order valence-corrected chi connectivity index (χ1v) is 13.6. The highest BCUT2D eigenvalue weighted by Crippen LogP contribution is 2.17. The normalized spacial score (nSPS) is 15.7. The largest absolute Gasteiger partial charge is 0.372 e. The molecule has 6 N–H and O–H groups in total. The molecule has 0 bridgehead atoms. The first-order valence-electron chi connectivity index (χ1n) is 12.1. The molecule has 0 radical (unpaired) electrons. The Kier molecular flexibility index (Phi) is 8.38. The minimum Gasteiger partial charge on any atom is -0.372 e. The van der Waals surface area contributed by atoms with Gasteiger partial charge in [0.2, 0.25) is 5.91 Å². The summed E-state index contributed by atoms with van der Waals surface area (Å²) in [4.78, 5) is 44.3. The summed E-state index contributed by atoms with van der Waals surface area (Å²) in [6, 6.07) is 9.89. The van der Waals surface area contributed by atoms with Crippen molar-refractivity contribution < 1.29 is 18.0 Å². The predicted octanol–water partition coefficient (Wildman–Crippen LogP) is 1.48. The van der Waals surface area contributed by atoms with Crippen LogP contribution in [-0.4, -0.2) is 60.9 Å². The fraction of sp³-hybridized carbons (Fsp3) is 0.375. The van der Waals surface area contributed by atoms with Crippen molar-refractivity contribution in [2.45, 2.75) is 43.5 Å². The third-order valence-corrected chi connectivity index (χ3v) is 7.46. The number of H-pyrrole nitrogens is 2. The van der Waals surface area contributed by atoms with E-state index in [0.717, 1.165) is 25.7 Å². The van der Waals surface area contributed by atoms with Crippen LogP contribution in [0.5, 0.6) is 0 Å². The van der Waals surface area contributed by atoms with E-state index in [1.165, 1.54) is 31.2 Å². The molecule has 1 aliphatic rings. The van der Waals surface area contributed by atoms with Gasteiger partial charge in [-0.15, -0.1) is 4.83 Å². The summed E-state index contributed by atoms with van der Waals surface area (Å²) in [6.07, 6.45) is 4.06. The topological polar surface area (TPSA) is 168 Å². The maximum absolute atomic E-state index is 12.7. The Hall–Kier alpha value is -3.52. The van der Waals surface area contributed by atoms with Gasteiger partial charge in [0.1, 0.15) is 6.04 Å². The standard InChI is InChI=1S/C24H31N7O5S/c1-16(32)22(26-15-25-18-8-11-20-21(14-18)29-24(34)28-20)23(33)27-17-6-9-19(10-7-17)37(35,36)30-31-12-4-2-3-5-13-31/h6-11,14,22,25-26,30H,2-5,12-13,15H2,1H3,(H,27,33)(H2,28,29,34). The van der Waals surface area contributed by atoms with Crippen LogP contribution in [0.25, 0.3) is 11.0 Å². The van der Waals surface area contributed by atoms with Gasteiger partial charge in [-0.3, -0.25) is 14.9 Å². The number of rotatable bonds is 10. The minimum absolute atomic E-state index is 0.0842. The van der Waals surface area contributed by atoms with Gasteiger partial charge in [0.25, 0.3) is 10.0 Å². The van der Waals surface area contributed by atoms with E-state index in [9.17, 15) is 22.8 Å². The fourth-order valence-corrected chi connectivity index (χ4v) is 5.26. The van der Waals surface area contributed by atoms with Gasteiger partial charge in [-0.05, 0) is 62.2 Å². The summed E-state index contributed by atoms with van der Waals surface area (Å²) >= 11 is 0. The maximum atomic E-state index is 12.7. The van der Waals surface area contributed by atoms with Crippen LogP contribution in [0.2, 0.25) is 0 Å². The first kappa shape index (κ1) is 26.5. The first-order chi connectivity index (χ1) is 17.7. The van der Waals surface area contributed by atoms with Gasteiger partial charge in [0.15, 0.2) is 5.78 Å². The second-order valence-corrected chi connectivity index (χ2v) is 10.6. The molecule has 12 nitrogen and oxygen atoms in total. The molecular formula is C24H31N7O5S. The van der Waals surface area contributed by atoms with Crippen LogP contribution in [0.3, 0.4) is 0 Å². The van der Waals surface area contributed by atoms with Crippen molar-refractivity contribution in [3.05, 3.63) is 52.9 Å². The summed E-state index contributed by atoms with van der Waals surface area (Å²) in [5, 5.41) is 10.3. The number of aromatic amines is 2. The number of fused-ring (bicyclic) bond motifs is 1. The number of imidazole rings is 1. The number of carbonyl (C=O) groups is 2. The molecule has 1 aliphatic heterocycles. The lowest BCUT2D eigenvalue weighted by Gasteiger charge is -2.21. The van der Waals surface area contributed by atoms with E-state index in [1.807, 2.05) is 0 Å². The number of benzene rings is 2. The lowest BCUT2D eigenvalue weighted by Crippen LogP contribution is -2.47. The molecular weight excluding hydrogens is 498 g/mol. The molecule has 3 aromatic rings. The average Bonchev–Trinajstić information content (AvgIpc) is 3.03. The van der Waals surface area contributed by atoms with E-state index in [4.69, 9.17) is 0 Å². The Morgan fingerprint density at radius 1 is 0.946 bits per heavy atom. The smallest absolute Gasteiger partial charge is 0.323 e. The number of carbonyl (C=O) groups excluding carboxylic acids is 2. The summed E-state index contributed by atoms with van der Waals surface area (Å²) in [5.41, 5.74) is 2.03. The fourth-order valence-electron chi connectivity index (χ4n) is 4.14. The molecule has 2 aromatic carbocycles. The van der Waals surface area contributed by atoms with E-state index < -0.39 is 22.0 Å². The van der Waals surface area contributed by atoms with Crippen LogP contribution in [0.4, 0.5) is 11.4 Å². The second kappa shape index (κ2) is 11.7. The number of anilines is 2. The maximum Gasteiger partial charge on any atom is 0.323 e.